The molecule has 0 fully saturated rings. The molecule has 6 nitrogen and oxygen atoms in total. The molecule has 0 heterocycles. The molecule has 0 aliphatic heterocycles. The molecule has 2 unspecified atom stereocenters. The van der Waals surface area contributed by atoms with E-state index >= 15 is 0 Å². The molecule has 0 bridgehead atoms. The van der Waals surface area contributed by atoms with Gasteiger partial charge in [-0.3, -0.25) is 9.59 Å². The van der Waals surface area contributed by atoms with Crippen LogP contribution in [0.25, 0.3) is 0 Å². The van der Waals surface area contributed by atoms with Crippen LogP contribution >= 0.6 is 0 Å². The number of aliphatic hydroxyl groups is 1. The molecule has 0 aliphatic carbocycles. The maximum absolute atomic E-state index is 11.7. The highest BCUT2D eigenvalue weighted by molar-refractivity contribution is 5.83. The summed E-state index contributed by atoms with van der Waals surface area (Å²) in [6.07, 6.45) is -2.13. The first-order valence-corrected chi connectivity index (χ1v) is 5.88. The smallest absolute Gasteiger partial charge is 0.260 e. The van der Waals surface area contributed by atoms with Gasteiger partial charge in [-0.15, -0.1) is 0 Å². The molecular formula is C13H18N2O4. The van der Waals surface area contributed by atoms with Crippen molar-refractivity contribution in [3.8, 4) is 5.75 Å². The number of carbonyl (C=O) groups is 2. The van der Waals surface area contributed by atoms with E-state index in [4.69, 9.17) is 15.6 Å². The highest BCUT2D eigenvalue weighted by atomic mass is 16.5. The second-order valence-corrected chi connectivity index (χ2v) is 4.24. The Morgan fingerprint density at radius 2 is 2.16 bits per heavy atom. The number of nitrogens with one attached hydrogen (secondary N) is 1. The summed E-state index contributed by atoms with van der Waals surface area (Å²) < 4.78 is 5.44. The molecular weight excluding hydrogens is 248 g/mol. The topological polar surface area (TPSA) is 102 Å². The number of aryl methyl sites for hydroxylation is 1. The Labute approximate surface area is 111 Å². The van der Waals surface area contributed by atoms with Crippen LogP contribution in [0.15, 0.2) is 24.3 Å². The monoisotopic (exact) mass is 266 g/mol. The maximum Gasteiger partial charge on any atom is 0.260 e. The summed E-state index contributed by atoms with van der Waals surface area (Å²) in [4.78, 5) is 22.3. The molecule has 2 atom stereocenters. The fraction of sp³-hybridized carbons (Fsp3) is 0.385. The zero-order chi connectivity index (χ0) is 14.4. The van der Waals surface area contributed by atoms with Crippen LogP contribution in [0.3, 0.4) is 0 Å². The van der Waals surface area contributed by atoms with Gasteiger partial charge in [-0.2, -0.15) is 0 Å². The van der Waals surface area contributed by atoms with Gasteiger partial charge in [0.05, 0.1) is 6.54 Å². The minimum Gasteiger partial charge on any atom is -0.481 e. The van der Waals surface area contributed by atoms with E-state index < -0.39 is 24.0 Å². The summed E-state index contributed by atoms with van der Waals surface area (Å²) in [5.74, 6) is -0.729. The van der Waals surface area contributed by atoms with Crippen LogP contribution in [0.1, 0.15) is 12.5 Å². The summed E-state index contributed by atoms with van der Waals surface area (Å²) in [7, 11) is 0. The van der Waals surface area contributed by atoms with Gasteiger partial charge in [0.25, 0.3) is 5.91 Å². The van der Waals surface area contributed by atoms with Crippen LogP contribution in [0.5, 0.6) is 5.75 Å². The zero-order valence-electron chi connectivity index (χ0n) is 10.9. The number of nitrogens with two attached hydrogens (primary N) is 1. The van der Waals surface area contributed by atoms with Gasteiger partial charge < -0.3 is 20.9 Å². The standard InChI is InChI=1S/C13H18N2O4/c1-8-4-3-5-10(6-8)19-9(2)13(18)15-7-11(16)12(14)17/h3-6,9,11,16H,7H2,1-2H3,(H2,14,17)(H,15,18). The van der Waals surface area contributed by atoms with Gasteiger partial charge in [0, 0.05) is 0 Å². The number of hydrogen-bond donors (Lipinski definition) is 3. The van der Waals surface area contributed by atoms with Crippen molar-refractivity contribution < 1.29 is 19.4 Å². The fourth-order valence-corrected chi connectivity index (χ4v) is 1.39. The normalized spacial score (nSPS) is 13.4. The highest BCUT2D eigenvalue weighted by Crippen LogP contribution is 2.14. The predicted octanol–water partition coefficient (Wildman–Crippen LogP) is -0.275. The van der Waals surface area contributed by atoms with E-state index in [-0.39, 0.29) is 6.54 Å². The molecule has 104 valence electrons. The van der Waals surface area contributed by atoms with Gasteiger partial charge in [-0.25, -0.2) is 0 Å². The predicted molar refractivity (Wildman–Crippen MR) is 69.5 cm³/mol. The molecule has 0 spiro atoms. The first-order valence-electron chi connectivity index (χ1n) is 5.88. The average molecular weight is 266 g/mol. The first-order chi connectivity index (χ1) is 8.90. The van der Waals surface area contributed by atoms with Crippen molar-refractivity contribution in [2.75, 3.05) is 6.54 Å². The summed E-state index contributed by atoms with van der Waals surface area (Å²) in [6, 6.07) is 7.30. The number of primary amides is 1. The second kappa shape index (κ2) is 6.75. The average Bonchev–Trinajstić information content (AvgIpc) is 2.35. The first kappa shape index (κ1) is 15.0. The second-order valence-electron chi connectivity index (χ2n) is 4.24. The van der Waals surface area contributed by atoms with Crippen LogP contribution in [0.4, 0.5) is 0 Å². The number of ether oxygens (including phenoxy) is 1. The van der Waals surface area contributed by atoms with Gasteiger partial charge in [0.1, 0.15) is 11.9 Å². The largest absolute Gasteiger partial charge is 0.481 e. The molecule has 0 aliphatic rings. The van der Waals surface area contributed by atoms with Gasteiger partial charge in [-0.1, -0.05) is 12.1 Å². The third kappa shape index (κ3) is 4.97. The zero-order valence-corrected chi connectivity index (χ0v) is 10.9. The van der Waals surface area contributed by atoms with Crippen LogP contribution < -0.4 is 15.8 Å². The minimum atomic E-state index is -1.39. The van der Waals surface area contributed by atoms with Crippen molar-refractivity contribution in [3.05, 3.63) is 29.8 Å². The van der Waals surface area contributed by atoms with Gasteiger partial charge in [0.2, 0.25) is 5.91 Å². The lowest BCUT2D eigenvalue weighted by atomic mass is 10.2. The number of hydrogen-bond acceptors (Lipinski definition) is 4. The molecule has 6 heteroatoms. The Morgan fingerprint density at radius 3 is 2.74 bits per heavy atom. The van der Waals surface area contributed by atoms with E-state index in [0.29, 0.717) is 5.75 Å². The summed E-state index contributed by atoms with van der Waals surface area (Å²) in [6.45, 7) is 3.27. The fourth-order valence-electron chi connectivity index (χ4n) is 1.39. The quantitative estimate of drug-likeness (QED) is 0.659. The van der Waals surface area contributed by atoms with E-state index in [0.717, 1.165) is 5.56 Å². The lowest BCUT2D eigenvalue weighted by Gasteiger charge is -2.16. The van der Waals surface area contributed by atoms with Crippen molar-refractivity contribution >= 4 is 11.8 Å². The molecule has 1 rings (SSSR count). The van der Waals surface area contributed by atoms with Gasteiger partial charge in [-0.05, 0) is 31.5 Å². The van der Waals surface area contributed by atoms with E-state index in [1.165, 1.54) is 0 Å². The van der Waals surface area contributed by atoms with Crippen LogP contribution in [0.2, 0.25) is 0 Å². The number of aliphatic hydroxyl groups excluding tert-OH is 1. The lowest BCUT2D eigenvalue weighted by molar-refractivity contribution is -0.129. The highest BCUT2D eigenvalue weighted by Gasteiger charge is 2.17. The van der Waals surface area contributed by atoms with Crippen LogP contribution in [-0.4, -0.2) is 35.7 Å². The summed E-state index contributed by atoms with van der Waals surface area (Å²) in [5, 5.41) is 11.5. The third-order valence-electron chi connectivity index (χ3n) is 2.47. The van der Waals surface area contributed by atoms with E-state index in [9.17, 15) is 9.59 Å². The Hall–Kier alpha value is -2.08. The molecule has 1 aromatic rings. The Morgan fingerprint density at radius 1 is 1.47 bits per heavy atom. The van der Waals surface area contributed by atoms with Crippen LogP contribution in [0, 0.1) is 6.92 Å². The van der Waals surface area contributed by atoms with E-state index in [1.54, 1.807) is 13.0 Å². The van der Waals surface area contributed by atoms with Crippen molar-refractivity contribution in [2.45, 2.75) is 26.1 Å². The van der Waals surface area contributed by atoms with Crippen molar-refractivity contribution in [1.82, 2.24) is 5.32 Å². The van der Waals surface area contributed by atoms with E-state index in [2.05, 4.69) is 5.32 Å². The van der Waals surface area contributed by atoms with Gasteiger partial charge >= 0.3 is 0 Å². The molecule has 0 aromatic heterocycles. The Balaban J connectivity index is 2.47. The minimum absolute atomic E-state index is 0.227. The van der Waals surface area contributed by atoms with Gasteiger partial charge in [0.15, 0.2) is 6.10 Å². The SMILES string of the molecule is Cc1cccc(OC(C)C(=O)NCC(O)C(N)=O)c1. The Bertz CT molecular complexity index is 462. The molecule has 4 N–H and O–H groups in total. The number of rotatable bonds is 6. The lowest BCUT2D eigenvalue weighted by Crippen LogP contribution is -2.44. The van der Waals surface area contributed by atoms with Crippen molar-refractivity contribution in [2.24, 2.45) is 5.73 Å². The molecule has 1 aromatic carbocycles. The Kier molecular flexibility index (Phi) is 5.32. The number of carbonyl (C=O) groups excluding carboxylic acids is 2. The molecule has 0 radical (unpaired) electrons. The molecule has 0 saturated heterocycles. The molecule has 19 heavy (non-hydrogen) atoms. The van der Waals surface area contributed by atoms with Crippen LogP contribution in [-0.2, 0) is 9.59 Å². The molecule has 2 amide bonds. The number of benzene rings is 1. The van der Waals surface area contributed by atoms with E-state index in [1.807, 2.05) is 25.1 Å². The maximum atomic E-state index is 11.7. The summed E-state index contributed by atoms with van der Waals surface area (Å²) in [5.41, 5.74) is 5.89. The number of amides is 2. The third-order valence-corrected chi connectivity index (χ3v) is 2.47. The van der Waals surface area contributed by atoms with Crippen molar-refractivity contribution in [1.29, 1.82) is 0 Å². The molecule has 0 saturated carbocycles. The summed E-state index contributed by atoms with van der Waals surface area (Å²) >= 11 is 0. The van der Waals surface area contributed by atoms with Crippen molar-refractivity contribution in [3.63, 3.8) is 0 Å².